The number of hydrogen-bond acceptors (Lipinski definition) is 2. The molecule has 1 N–H and O–H groups in total. The van der Waals surface area contributed by atoms with Gasteiger partial charge in [0.25, 0.3) is 0 Å². The van der Waals surface area contributed by atoms with Gasteiger partial charge in [-0.15, -0.1) is 0 Å². The number of fused-ring (bicyclic) bond motifs is 1. The van der Waals surface area contributed by atoms with Crippen LogP contribution in [0.5, 0.6) is 5.75 Å². The van der Waals surface area contributed by atoms with E-state index in [1.807, 2.05) is 18.2 Å². The minimum atomic E-state index is -0.752. The molecule has 0 bridgehead atoms. The van der Waals surface area contributed by atoms with E-state index in [-0.39, 0.29) is 12.3 Å². The first-order chi connectivity index (χ1) is 7.68. The number of para-hydroxylation sites is 1. The minimum absolute atomic E-state index is 0.0625. The summed E-state index contributed by atoms with van der Waals surface area (Å²) in [5.74, 6) is 0.122. The van der Waals surface area contributed by atoms with Gasteiger partial charge in [0.1, 0.15) is 5.75 Å². The van der Waals surface area contributed by atoms with Crippen molar-refractivity contribution in [3.05, 3.63) is 28.2 Å². The van der Waals surface area contributed by atoms with Crippen molar-refractivity contribution in [1.82, 2.24) is 0 Å². The van der Waals surface area contributed by atoms with Crippen LogP contribution in [0.2, 0.25) is 0 Å². The lowest BCUT2D eigenvalue weighted by atomic mass is 9.91. The first-order valence-electron chi connectivity index (χ1n) is 5.31. The van der Waals surface area contributed by atoms with Crippen LogP contribution >= 0.6 is 15.9 Å². The average molecular weight is 285 g/mol. The Kier molecular flexibility index (Phi) is 3.49. The number of halogens is 1. The van der Waals surface area contributed by atoms with Crippen LogP contribution in [0, 0.1) is 0 Å². The maximum absolute atomic E-state index is 10.8. The van der Waals surface area contributed by atoms with Crippen LogP contribution in [0.25, 0.3) is 0 Å². The summed E-state index contributed by atoms with van der Waals surface area (Å²) in [6.45, 7) is 0.658. The van der Waals surface area contributed by atoms with Gasteiger partial charge in [-0.25, -0.2) is 0 Å². The van der Waals surface area contributed by atoms with Gasteiger partial charge in [-0.2, -0.15) is 0 Å². The highest BCUT2D eigenvalue weighted by Crippen LogP contribution is 2.39. The van der Waals surface area contributed by atoms with Crippen LogP contribution in [-0.2, 0) is 4.79 Å². The third kappa shape index (κ3) is 2.38. The van der Waals surface area contributed by atoms with Gasteiger partial charge in [0.05, 0.1) is 17.5 Å². The zero-order valence-corrected chi connectivity index (χ0v) is 10.4. The molecule has 1 unspecified atom stereocenters. The molecule has 1 aliphatic rings. The van der Waals surface area contributed by atoms with Gasteiger partial charge in [-0.1, -0.05) is 12.1 Å². The molecule has 0 amide bonds. The van der Waals surface area contributed by atoms with Crippen LogP contribution in [0.1, 0.15) is 30.7 Å². The fourth-order valence-electron chi connectivity index (χ4n) is 2.08. The lowest BCUT2D eigenvalue weighted by molar-refractivity contribution is -0.137. The van der Waals surface area contributed by atoms with E-state index in [9.17, 15) is 4.79 Å². The number of rotatable bonds is 2. The summed E-state index contributed by atoms with van der Waals surface area (Å²) < 4.78 is 6.56. The summed E-state index contributed by atoms with van der Waals surface area (Å²) in [4.78, 5) is 10.8. The smallest absolute Gasteiger partial charge is 0.303 e. The van der Waals surface area contributed by atoms with Crippen molar-refractivity contribution in [3.63, 3.8) is 0 Å². The van der Waals surface area contributed by atoms with Gasteiger partial charge in [0, 0.05) is 0 Å². The normalized spacial score (nSPS) is 19.4. The molecule has 2 rings (SSSR count). The Labute approximate surface area is 103 Å². The third-order valence-electron chi connectivity index (χ3n) is 2.80. The molecule has 86 valence electrons. The van der Waals surface area contributed by atoms with E-state index in [0.29, 0.717) is 6.61 Å². The van der Waals surface area contributed by atoms with Gasteiger partial charge in [-0.3, -0.25) is 4.79 Å². The molecule has 16 heavy (non-hydrogen) atoms. The predicted octanol–water partition coefficient (Wildman–Crippen LogP) is 3.18. The molecule has 3 nitrogen and oxygen atoms in total. The van der Waals surface area contributed by atoms with Crippen molar-refractivity contribution in [2.75, 3.05) is 6.61 Å². The predicted molar refractivity (Wildman–Crippen MR) is 63.9 cm³/mol. The van der Waals surface area contributed by atoms with E-state index in [0.717, 1.165) is 28.6 Å². The maximum atomic E-state index is 10.8. The van der Waals surface area contributed by atoms with Crippen molar-refractivity contribution in [1.29, 1.82) is 0 Å². The van der Waals surface area contributed by atoms with Crippen molar-refractivity contribution in [3.8, 4) is 5.75 Å². The Morgan fingerprint density at radius 1 is 1.56 bits per heavy atom. The monoisotopic (exact) mass is 284 g/mol. The molecule has 0 aromatic heterocycles. The first-order valence-corrected chi connectivity index (χ1v) is 6.11. The fourth-order valence-corrected chi connectivity index (χ4v) is 2.58. The van der Waals surface area contributed by atoms with Crippen LogP contribution in [0.15, 0.2) is 22.7 Å². The van der Waals surface area contributed by atoms with Crippen molar-refractivity contribution in [2.45, 2.75) is 25.2 Å². The zero-order valence-electron chi connectivity index (χ0n) is 8.78. The van der Waals surface area contributed by atoms with Gasteiger partial charge in [0.2, 0.25) is 0 Å². The van der Waals surface area contributed by atoms with Gasteiger partial charge >= 0.3 is 5.97 Å². The molecular weight excluding hydrogens is 272 g/mol. The van der Waals surface area contributed by atoms with Crippen LogP contribution in [0.3, 0.4) is 0 Å². The van der Waals surface area contributed by atoms with Crippen LogP contribution < -0.4 is 4.74 Å². The molecule has 4 heteroatoms. The number of carbonyl (C=O) groups is 1. The Balaban J connectivity index is 2.36. The summed E-state index contributed by atoms with van der Waals surface area (Å²) in [6.07, 6.45) is 1.95. The molecule has 1 heterocycles. The van der Waals surface area contributed by atoms with E-state index in [1.165, 1.54) is 0 Å². The summed E-state index contributed by atoms with van der Waals surface area (Å²) in [5, 5.41) is 8.90. The second-order valence-electron chi connectivity index (χ2n) is 3.94. The number of ether oxygens (including phenoxy) is 1. The topological polar surface area (TPSA) is 46.5 Å². The zero-order chi connectivity index (χ0) is 11.5. The van der Waals surface area contributed by atoms with Crippen LogP contribution in [-0.4, -0.2) is 17.7 Å². The fraction of sp³-hybridized carbons (Fsp3) is 0.417. The Morgan fingerprint density at radius 2 is 2.38 bits per heavy atom. The highest BCUT2D eigenvalue weighted by molar-refractivity contribution is 9.10. The quantitative estimate of drug-likeness (QED) is 0.907. The number of carboxylic acids is 1. The second-order valence-corrected chi connectivity index (χ2v) is 4.80. The number of aliphatic carboxylic acids is 1. The van der Waals surface area contributed by atoms with Crippen molar-refractivity contribution < 1.29 is 14.6 Å². The lowest BCUT2D eigenvalue weighted by Crippen LogP contribution is -2.05. The Morgan fingerprint density at radius 3 is 3.12 bits per heavy atom. The Hall–Kier alpha value is -1.03. The molecule has 1 aromatic carbocycles. The molecular formula is C12H13BrO3. The highest BCUT2D eigenvalue weighted by Gasteiger charge is 2.23. The number of carboxylic acid groups (broad SMARTS) is 1. The molecule has 0 spiro atoms. The summed E-state index contributed by atoms with van der Waals surface area (Å²) in [6, 6.07) is 5.80. The summed E-state index contributed by atoms with van der Waals surface area (Å²) in [5.41, 5.74) is 1.01. The largest absolute Gasteiger partial charge is 0.492 e. The molecule has 1 aliphatic heterocycles. The molecule has 0 fully saturated rings. The second kappa shape index (κ2) is 4.87. The van der Waals surface area contributed by atoms with E-state index in [1.54, 1.807) is 0 Å². The van der Waals surface area contributed by atoms with Gasteiger partial charge < -0.3 is 9.84 Å². The summed E-state index contributed by atoms with van der Waals surface area (Å²) >= 11 is 3.44. The van der Waals surface area contributed by atoms with Crippen molar-refractivity contribution in [2.24, 2.45) is 0 Å². The molecule has 1 aromatic rings. The number of benzene rings is 1. The van der Waals surface area contributed by atoms with E-state index in [2.05, 4.69) is 15.9 Å². The standard InChI is InChI=1S/C12H13BrO3/c13-10-5-1-4-9-8(7-11(14)15)3-2-6-16-12(9)10/h1,4-5,8H,2-3,6-7H2,(H,14,15). The molecule has 0 radical (unpaired) electrons. The average Bonchev–Trinajstić information content (AvgIpc) is 2.42. The lowest BCUT2D eigenvalue weighted by Gasteiger charge is -2.15. The Bertz CT molecular complexity index is 403. The first kappa shape index (κ1) is 11.5. The number of hydrogen-bond donors (Lipinski definition) is 1. The highest BCUT2D eigenvalue weighted by atomic mass is 79.9. The van der Waals surface area contributed by atoms with E-state index >= 15 is 0 Å². The van der Waals surface area contributed by atoms with Crippen LogP contribution in [0.4, 0.5) is 0 Å². The maximum Gasteiger partial charge on any atom is 0.303 e. The third-order valence-corrected chi connectivity index (χ3v) is 3.43. The van der Waals surface area contributed by atoms with Gasteiger partial charge in [-0.05, 0) is 46.3 Å². The molecule has 0 aliphatic carbocycles. The molecule has 1 atom stereocenters. The molecule has 0 saturated carbocycles. The van der Waals surface area contributed by atoms with Gasteiger partial charge in [0.15, 0.2) is 0 Å². The SMILES string of the molecule is O=C(O)CC1CCCOc2c(Br)cccc21. The van der Waals surface area contributed by atoms with E-state index < -0.39 is 5.97 Å². The summed E-state index contributed by atoms with van der Waals surface area (Å²) in [7, 11) is 0. The van der Waals surface area contributed by atoms with Crippen molar-refractivity contribution >= 4 is 21.9 Å². The van der Waals surface area contributed by atoms with E-state index in [4.69, 9.17) is 9.84 Å². The molecule has 0 saturated heterocycles. The minimum Gasteiger partial charge on any atom is -0.492 e.